The number of nitrogens with zero attached hydrogens (tertiary/aromatic N) is 3. The van der Waals surface area contributed by atoms with Crippen molar-refractivity contribution in [3.63, 3.8) is 0 Å². The molecule has 0 fully saturated rings. The summed E-state index contributed by atoms with van der Waals surface area (Å²) >= 11 is 1.24. The molecule has 1 amide bonds. The lowest BCUT2D eigenvalue weighted by Gasteiger charge is -2.06. The van der Waals surface area contributed by atoms with Crippen molar-refractivity contribution in [3.05, 3.63) is 62.9 Å². The summed E-state index contributed by atoms with van der Waals surface area (Å²) in [4.78, 5) is 28.3. The number of hydrogen-bond acceptors (Lipinski definition) is 6. The van der Waals surface area contributed by atoms with Crippen LogP contribution in [0.2, 0.25) is 0 Å². The Kier molecular flexibility index (Phi) is 7.91. The largest absolute Gasteiger partial charge is 0.494 e. The van der Waals surface area contributed by atoms with E-state index >= 15 is 0 Å². The second kappa shape index (κ2) is 10.8. The number of benzene rings is 2. The van der Waals surface area contributed by atoms with Crippen molar-refractivity contribution in [2.75, 3.05) is 19.8 Å². The molecule has 31 heavy (non-hydrogen) atoms. The van der Waals surface area contributed by atoms with Gasteiger partial charge in [-0.2, -0.15) is 4.99 Å². The summed E-state index contributed by atoms with van der Waals surface area (Å²) in [5.74, 6) is 0.234. The van der Waals surface area contributed by atoms with Gasteiger partial charge in [0.25, 0.3) is 11.6 Å². The summed E-state index contributed by atoms with van der Waals surface area (Å²) in [5.41, 5.74) is 1.20. The molecular formula is C22H25N3O5S. The average molecular weight is 444 g/mol. The highest BCUT2D eigenvalue weighted by Crippen LogP contribution is 2.23. The fourth-order valence-electron chi connectivity index (χ4n) is 2.98. The molecule has 9 heteroatoms. The maximum atomic E-state index is 12.9. The van der Waals surface area contributed by atoms with Gasteiger partial charge in [-0.3, -0.25) is 14.9 Å². The lowest BCUT2D eigenvalue weighted by atomic mass is 10.2. The molecule has 0 spiro atoms. The van der Waals surface area contributed by atoms with Gasteiger partial charge in [0, 0.05) is 30.8 Å². The van der Waals surface area contributed by atoms with Crippen LogP contribution in [0.15, 0.2) is 47.5 Å². The van der Waals surface area contributed by atoms with Crippen LogP contribution in [0.3, 0.4) is 0 Å². The van der Waals surface area contributed by atoms with E-state index in [0.29, 0.717) is 47.2 Å². The zero-order valence-electron chi connectivity index (χ0n) is 17.6. The van der Waals surface area contributed by atoms with E-state index < -0.39 is 10.8 Å². The third-order valence-corrected chi connectivity index (χ3v) is 5.63. The monoisotopic (exact) mass is 443 g/mol. The first kappa shape index (κ1) is 22.6. The van der Waals surface area contributed by atoms with Gasteiger partial charge in [-0.15, -0.1) is 0 Å². The number of nitro groups is 1. The predicted octanol–water partition coefficient (Wildman–Crippen LogP) is 4.57. The third kappa shape index (κ3) is 5.77. The summed E-state index contributed by atoms with van der Waals surface area (Å²) in [6.45, 7) is 6.09. The quantitative estimate of drug-likeness (QED) is 0.260. The number of carbonyl (C=O) groups is 1. The van der Waals surface area contributed by atoms with Crippen molar-refractivity contribution in [1.29, 1.82) is 0 Å². The number of fused-ring (bicyclic) bond motifs is 1. The van der Waals surface area contributed by atoms with E-state index in [4.69, 9.17) is 9.47 Å². The minimum absolute atomic E-state index is 0.000476. The van der Waals surface area contributed by atoms with Crippen LogP contribution in [0.5, 0.6) is 5.75 Å². The van der Waals surface area contributed by atoms with E-state index in [1.54, 1.807) is 24.3 Å². The Morgan fingerprint density at radius 3 is 2.77 bits per heavy atom. The molecule has 0 N–H and O–H groups in total. The molecule has 3 rings (SSSR count). The average Bonchev–Trinajstić information content (AvgIpc) is 3.10. The first-order valence-corrected chi connectivity index (χ1v) is 11.0. The summed E-state index contributed by atoms with van der Waals surface area (Å²) in [7, 11) is 0. The normalized spacial score (nSPS) is 11.7. The molecule has 164 valence electrons. The van der Waals surface area contributed by atoms with Crippen molar-refractivity contribution >= 4 is 33.1 Å². The summed E-state index contributed by atoms with van der Waals surface area (Å²) < 4.78 is 13.7. The fourth-order valence-corrected chi connectivity index (χ4v) is 4.07. The molecule has 0 aliphatic heterocycles. The van der Waals surface area contributed by atoms with E-state index in [1.165, 1.54) is 23.5 Å². The van der Waals surface area contributed by atoms with Gasteiger partial charge < -0.3 is 14.0 Å². The molecule has 2 aromatic carbocycles. The SMILES string of the molecule is CCCCOc1cccc(C(=O)N=c2sc3cc([N+](=O)[O-])ccc3n2CCOCC)c1. The molecule has 0 unspecified atom stereocenters. The lowest BCUT2D eigenvalue weighted by Crippen LogP contribution is -2.19. The zero-order chi connectivity index (χ0) is 22.2. The van der Waals surface area contributed by atoms with Crippen LogP contribution in [0.1, 0.15) is 37.0 Å². The maximum Gasteiger partial charge on any atom is 0.279 e. The van der Waals surface area contributed by atoms with Crippen molar-refractivity contribution in [2.45, 2.75) is 33.2 Å². The van der Waals surface area contributed by atoms with Gasteiger partial charge in [0.2, 0.25) is 0 Å². The van der Waals surface area contributed by atoms with Crippen LogP contribution >= 0.6 is 11.3 Å². The molecule has 0 saturated carbocycles. The van der Waals surface area contributed by atoms with Crippen LogP contribution in [-0.4, -0.2) is 35.2 Å². The van der Waals surface area contributed by atoms with Crippen molar-refractivity contribution < 1.29 is 19.2 Å². The van der Waals surface area contributed by atoms with Gasteiger partial charge in [0.05, 0.1) is 28.4 Å². The van der Waals surface area contributed by atoms with Crippen LogP contribution < -0.4 is 9.54 Å². The first-order valence-electron chi connectivity index (χ1n) is 10.2. The van der Waals surface area contributed by atoms with Gasteiger partial charge in [-0.1, -0.05) is 30.7 Å². The molecule has 0 aliphatic rings. The third-order valence-electron chi connectivity index (χ3n) is 4.59. The summed E-state index contributed by atoms with van der Waals surface area (Å²) in [6.07, 6.45) is 1.97. The molecule has 8 nitrogen and oxygen atoms in total. The number of non-ortho nitro benzene ring substituents is 1. The molecule has 1 heterocycles. The minimum atomic E-state index is -0.435. The topological polar surface area (TPSA) is 96.0 Å². The molecular weight excluding hydrogens is 418 g/mol. The van der Waals surface area contributed by atoms with E-state index in [-0.39, 0.29) is 5.69 Å². The lowest BCUT2D eigenvalue weighted by molar-refractivity contribution is -0.384. The maximum absolute atomic E-state index is 12.9. The standard InChI is InChI=1S/C22H25N3O5S/c1-3-5-12-30-18-8-6-7-16(14-18)21(26)23-22-24(11-13-29-4-2)19-10-9-17(25(27)28)15-20(19)31-22/h6-10,14-15H,3-5,11-13H2,1-2H3. The van der Waals surface area contributed by atoms with Crippen LogP contribution in [0.25, 0.3) is 10.2 Å². The number of carbonyl (C=O) groups excluding carboxylic acids is 1. The molecule has 0 aliphatic carbocycles. The van der Waals surface area contributed by atoms with Crippen molar-refractivity contribution in [3.8, 4) is 5.75 Å². The van der Waals surface area contributed by atoms with Gasteiger partial charge in [0.15, 0.2) is 4.80 Å². The van der Waals surface area contributed by atoms with Gasteiger partial charge in [0.1, 0.15) is 5.75 Å². The second-order valence-electron chi connectivity index (χ2n) is 6.79. The number of thiazole rings is 1. The Balaban J connectivity index is 1.97. The molecule has 0 bridgehead atoms. The first-order chi connectivity index (χ1) is 15.0. The number of amides is 1. The van der Waals surface area contributed by atoms with Crippen LogP contribution in [-0.2, 0) is 11.3 Å². The minimum Gasteiger partial charge on any atom is -0.494 e. The van der Waals surface area contributed by atoms with E-state index in [2.05, 4.69) is 11.9 Å². The highest BCUT2D eigenvalue weighted by Gasteiger charge is 2.13. The van der Waals surface area contributed by atoms with E-state index in [9.17, 15) is 14.9 Å². The zero-order valence-corrected chi connectivity index (χ0v) is 18.4. The molecule has 0 saturated heterocycles. The highest BCUT2D eigenvalue weighted by molar-refractivity contribution is 7.16. The second-order valence-corrected chi connectivity index (χ2v) is 7.80. The van der Waals surface area contributed by atoms with Crippen molar-refractivity contribution in [1.82, 2.24) is 4.57 Å². The molecule has 3 aromatic rings. The fraction of sp³-hybridized carbons (Fsp3) is 0.364. The van der Waals surface area contributed by atoms with Gasteiger partial charge in [-0.25, -0.2) is 0 Å². The highest BCUT2D eigenvalue weighted by atomic mass is 32.1. The predicted molar refractivity (Wildman–Crippen MR) is 120 cm³/mol. The summed E-state index contributed by atoms with van der Waals surface area (Å²) in [5, 5.41) is 11.1. The number of rotatable bonds is 10. The van der Waals surface area contributed by atoms with E-state index in [1.807, 2.05) is 17.6 Å². The smallest absolute Gasteiger partial charge is 0.279 e. The molecule has 0 radical (unpaired) electrons. The van der Waals surface area contributed by atoms with Crippen LogP contribution in [0.4, 0.5) is 5.69 Å². The van der Waals surface area contributed by atoms with Crippen molar-refractivity contribution in [2.24, 2.45) is 4.99 Å². The molecule has 0 atom stereocenters. The Labute approximate surface area is 183 Å². The number of ether oxygens (including phenoxy) is 2. The summed E-state index contributed by atoms with van der Waals surface area (Å²) in [6, 6.07) is 11.6. The number of aromatic nitrogens is 1. The van der Waals surface area contributed by atoms with Gasteiger partial charge in [-0.05, 0) is 37.6 Å². The van der Waals surface area contributed by atoms with Gasteiger partial charge >= 0.3 is 0 Å². The van der Waals surface area contributed by atoms with Crippen LogP contribution in [0, 0.1) is 10.1 Å². The number of unbranched alkanes of at least 4 members (excludes halogenated alkanes) is 1. The Hall–Kier alpha value is -3.04. The Morgan fingerprint density at radius 2 is 2.03 bits per heavy atom. The molecule has 1 aromatic heterocycles. The number of nitro benzene ring substituents is 1. The van der Waals surface area contributed by atoms with E-state index in [0.717, 1.165) is 18.4 Å². The Bertz CT molecular complexity index is 1140. The Morgan fingerprint density at radius 1 is 1.19 bits per heavy atom. The number of hydrogen-bond donors (Lipinski definition) is 0.